The van der Waals surface area contributed by atoms with Crippen molar-refractivity contribution in [3.05, 3.63) is 48.2 Å². The number of hydrogen-bond acceptors (Lipinski definition) is 5. The summed E-state index contributed by atoms with van der Waals surface area (Å²) in [5.74, 6) is -2.65. The van der Waals surface area contributed by atoms with Crippen LogP contribution in [-0.2, 0) is 12.1 Å². The first kappa shape index (κ1) is 23.1. The van der Waals surface area contributed by atoms with Gasteiger partial charge in [-0.1, -0.05) is 0 Å². The maximum Gasteiger partial charge on any atom is 0.417 e. The van der Waals surface area contributed by atoms with E-state index >= 15 is 0 Å². The first-order valence-electron chi connectivity index (χ1n) is 9.41. The van der Waals surface area contributed by atoms with Crippen LogP contribution in [0.2, 0.25) is 0 Å². The van der Waals surface area contributed by atoms with Gasteiger partial charge in [0.25, 0.3) is 0 Å². The molecule has 0 atom stereocenters. The Morgan fingerprint density at radius 1 is 1.03 bits per heavy atom. The molecule has 6 nitrogen and oxygen atoms in total. The lowest BCUT2D eigenvalue weighted by molar-refractivity contribution is -0.138. The van der Waals surface area contributed by atoms with E-state index in [0.717, 1.165) is 11.5 Å². The van der Waals surface area contributed by atoms with Crippen LogP contribution < -0.4 is 5.32 Å². The zero-order valence-corrected chi connectivity index (χ0v) is 17.0. The fraction of sp³-hybridized carbons (Fsp3) is 0.421. The lowest BCUT2D eigenvalue weighted by Crippen LogP contribution is -2.44. The highest BCUT2D eigenvalue weighted by Crippen LogP contribution is 2.33. The number of piperidine rings is 1. The summed E-state index contributed by atoms with van der Waals surface area (Å²) in [4.78, 5) is 16.3. The second-order valence-electron chi connectivity index (χ2n) is 7.29. The van der Waals surface area contributed by atoms with E-state index < -0.39 is 29.9 Å². The third-order valence-electron chi connectivity index (χ3n) is 5.17. The largest absolute Gasteiger partial charge is 0.417 e. The average molecular weight is 463 g/mol. The predicted octanol–water partition coefficient (Wildman–Crippen LogP) is 4.46. The molecular weight excluding hydrogens is 443 g/mol. The number of halogens is 6. The summed E-state index contributed by atoms with van der Waals surface area (Å²) >= 11 is 0. The molecule has 12 heteroatoms. The zero-order valence-electron chi connectivity index (χ0n) is 16.2. The molecule has 4 heterocycles. The van der Waals surface area contributed by atoms with Crippen molar-refractivity contribution in [1.29, 1.82) is 0 Å². The Balaban J connectivity index is 0.00000272. The fourth-order valence-corrected chi connectivity index (χ4v) is 3.56. The van der Waals surface area contributed by atoms with E-state index in [-0.39, 0.29) is 18.4 Å². The number of hydrogen-bond donors (Lipinski definition) is 2. The standard InChI is InChI=1S/C19H19F5N6.ClH/c20-18(21,15-2-1-12(9-26-15)19(22,23)24)10-30-7-4-13(5-8-30)29-17-14-3-6-25-16(14)27-11-28-17;/h1-3,6,9,11,13H,4-5,7-8,10H2,(H2,25,27,28,29);1H. The topological polar surface area (TPSA) is 69.7 Å². The number of nitrogens with zero attached hydrogens (tertiary/aromatic N) is 4. The van der Waals surface area contributed by atoms with Gasteiger partial charge in [-0.05, 0) is 31.0 Å². The predicted molar refractivity (Wildman–Crippen MR) is 107 cm³/mol. The van der Waals surface area contributed by atoms with Gasteiger partial charge in [0.05, 0.1) is 17.5 Å². The summed E-state index contributed by atoms with van der Waals surface area (Å²) in [7, 11) is 0. The summed E-state index contributed by atoms with van der Waals surface area (Å²) in [6.45, 7) is 0.262. The Morgan fingerprint density at radius 3 is 2.42 bits per heavy atom. The number of anilines is 1. The van der Waals surface area contributed by atoms with Gasteiger partial charge < -0.3 is 10.3 Å². The van der Waals surface area contributed by atoms with Crippen molar-refractivity contribution in [3.63, 3.8) is 0 Å². The molecule has 0 aromatic carbocycles. The summed E-state index contributed by atoms with van der Waals surface area (Å²) in [6.07, 6.45) is 0.325. The molecule has 1 aliphatic rings. The van der Waals surface area contributed by atoms with Crippen LogP contribution in [0.5, 0.6) is 0 Å². The molecule has 0 spiro atoms. The molecule has 0 bridgehead atoms. The Bertz CT molecular complexity index is 999. The monoisotopic (exact) mass is 462 g/mol. The molecule has 0 aliphatic carbocycles. The summed E-state index contributed by atoms with van der Waals surface area (Å²) in [5, 5.41) is 4.20. The smallest absolute Gasteiger partial charge is 0.367 e. The van der Waals surface area contributed by atoms with Crippen LogP contribution >= 0.6 is 12.4 Å². The van der Waals surface area contributed by atoms with Crippen molar-refractivity contribution < 1.29 is 22.0 Å². The van der Waals surface area contributed by atoms with Crippen LogP contribution in [0.3, 0.4) is 0 Å². The van der Waals surface area contributed by atoms with E-state index in [1.807, 2.05) is 6.07 Å². The quantitative estimate of drug-likeness (QED) is 0.548. The van der Waals surface area contributed by atoms with Gasteiger partial charge in [0.1, 0.15) is 23.5 Å². The van der Waals surface area contributed by atoms with Crippen molar-refractivity contribution in [2.24, 2.45) is 0 Å². The summed E-state index contributed by atoms with van der Waals surface area (Å²) in [5.41, 5.74) is -0.990. The molecule has 0 saturated carbocycles. The van der Waals surface area contributed by atoms with E-state index in [0.29, 0.717) is 49.7 Å². The molecule has 168 valence electrons. The van der Waals surface area contributed by atoms with Gasteiger partial charge in [-0.25, -0.2) is 9.97 Å². The fourth-order valence-electron chi connectivity index (χ4n) is 3.56. The van der Waals surface area contributed by atoms with Crippen LogP contribution in [-0.4, -0.2) is 50.5 Å². The number of pyridine rings is 1. The lowest BCUT2D eigenvalue weighted by atomic mass is 10.0. The van der Waals surface area contributed by atoms with Crippen LogP contribution in [0.1, 0.15) is 24.1 Å². The number of aromatic amines is 1. The normalized spacial score (nSPS) is 16.3. The Morgan fingerprint density at radius 2 is 1.77 bits per heavy atom. The minimum atomic E-state index is -4.61. The number of nitrogens with one attached hydrogen (secondary N) is 2. The molecule has 1 aliphatic heterocycles. The molecule has 0 radical (unpaired) electrons. The number of fused-ring (bicyclic) bond motifs is 1. The van der Waals surface area contributed by atoms with Crippen LogP contribution in [0.4, 0.5) is 27.8 Å². The maximum atomic E-state index is 14.5. The number of aromatic nitrogens is 4. The Hall–Kier alpha value is -2.53. The Labute approximate surface area is 180 Å². The maximum absolute atomic E-state index is 14.5. The lowest BCUT2D eigenvalue weighted by Gasteiger charge is -2.34. The van der Waals surface area contributed by atoms with Gasteiger partial charge in [0, 0.05) is 31.5 Å². The average Bonchev–Trinajstić information content (AvgIpc) is 3.19. The van der Waals surface area contributed by atoms with Gasteiger partial charge in [-0.15, -0.1) is 12.4 Å². The third kappa shape index (κ3) is 5.21. The second-order valence-corrected chi connectivity index (χ2v) is 7.29. The molecule has 0 amide bonds. The SMILES string of the molecule is Cl.FC(F)(F)c1ccc(C(F)(F)CN2CCC(Nc3ncnc4[nH]ccc34)CC2)nc1. The van der Waals surface area contributed by atoms with E-state index in [1.54, 1.807) is 11.1 Å². The highest BCUT2D eigenvalue weighted by Gasteiger charge is 2.38. The molecule has 1 saturated heterocycles. The van der Waals surface area contributed by atoms with Crippen molar-refractivity contribution in [3.8, 4) is 0 Å². The zero-order chi connectivity index (χ0) is 21.4. The van der Waals surface area contributed by atoms with Crippen LogP contribution in [0.15, 0.2) is 36.9 Å². The van der Waals surface area contributed by atoms with Gasteiger partial charge in [0.2, 0.25) is 0 Å². The van der Waals surface area contributed by atoms with Crippen LogP contribution in [0, 0.1) is 0 Å². The number of alkyl halides is 5. The van der Waals surface area contributed by atoms with E-state index in [9.17, 15) is 22.0 Å². The van der Waals surface area contributed by atoms with Crippen molar-refractivity contribution >= 4 is 29.3 Å². The minimum Gasteiger partial charge on any atom is -0.367 e. The highest BCUT2D eigenvalue weighted by molar-refractivity contribution is 5.86. The molecule has 3 aromatic heterocycles. The number of H-pyrrole nitrogens is 1. The van der Waals surface area contributed by atoms with Gasteiger partial charge >= 0.3 is 12.1 Å². The Kier molecular flexibility index (Phi) is 6.65. The molecule has 31 heavy (non-hydrogen) atoms. The second kappa shape index (κ2) is 8.91. The highest BCUT2D eigenvalue weighted by atomic mass is 35.5. The molecule has 4 rings (SSSR count). The van der Waals surface area contributed by atoms with E-state index in [1.165, 1.54) is 6.33 Å². The summed E-state index contributed by atoms with van der Waals surface area (Å²) in [6, 6.07) is 3.32. The molecule has 3 aromatic rings. The van der Waals surface area contributed by atoms with Crippen molar-refractivity contribution in [2.45, 2.75) is 31.0 Å². The van der Waals surface area contributed by atoms with Gasteiger partial charge in [-0.2, -0.15) is 22.0 Å². The van der Waals surface area contributed by atoms with Gasteiger partial charge in [-0.3, -0.25) is 9.88 Å². The first-order valence-corrected chi connectivity index (χ1v) is 9.41. The van der Waals surface area contributed by atoms with Crippen LogP contribution in [0.25, 0.3) is 11.0 Å². The summed E-state index contributed by atoms with van der Waals surface area (Å²) < 4.78 is 66.9. The van der Waals surface area contributed by atoms with Crippen molar-refractivity contribution in [1.82, 2.24) is 24.8 Å². The minimum absolute atomic E-state index is 0. The molecule has 2 N–H and O–H groups in total. The first-order chi connectivity index (χ1) is 14.2. The third-order valence-corrected chi connectivity index (χ3v) is 5.17. The molecule has 1 fully saturated rings. The molecule has 0 unspecified atom stereocenters. The number of likely N-dealkylation sites (tertiary alicyclic amines) is 1. The number of rotatable bonds is 5. The molecular formula is C19H20ClF5N6. The van der Waals surface area contributed by atoms with E-state index in [2.05, 4.69) is 25.3 Å². The van der Waals surface area contributed by atoms with Gasteiger partial charge in [0.15, 0.2) is 0 Å². The van der Waals surface area contributed by atoms with E-state index in [4.69, 9.17) is 0 Å². The van der Waals surface area contributed by atoms with Crippen molar-refractivity contribution in [2.75, 3.05) is 25.0 Å².